The molecule has 3 aromatic carbocycles. The number of nitrogens with zero attached hydrogens (tertiary/aromatic N) is 2. The first-order chi connectivity index (χ1) is 15.1. The summed E-state index contributed by atoms with van der Waals surface area (Å²) in [4.78, 5) is 12.3. The van der Waals surface area contributed by atoms with Gasteiger partial charge < -0.3 is 9.47 Å². The van der Waals surface area contributed by atoms with Crippen molar-refractivity contribution >= 4 is 28.1 Å². The molecule has 0 radical (unpaired) electrons. The number of nitrogens with one attached hydrogen (secondary N) is 1. The number of hydrogen-bond donors (Lipinski definition) is 1. The summed E-state index contributed by atoms with van der Waals surface area (Å²) in [6.45, 7) is 0.405. The van der Waals surface area contributed by atoms with E-state index in [4.69, 9.17) is 9.47 Å². The number of benzene rings is 3. The summed E-state index contributed by atoms with van der Waals surface area (Å²) < 4.78 is 12.3. The molecule has 0 saturated heterocycles. The molecule has 6 nitrogen and oxygen atoms in total. The minimum atomic E-state index is -0.928. The number of carbonyl (C=O) groups is 1. The highest BCUT2D eigenvalue weighted by molar-refractivity contribution is 9.10. The molecule has 0 bridgehead atoms. The zero-order valence-corrected chi connectivity index (χ0v) is 18.4. The Bertz CT molecular complexity index is 1090. The van der Waals surface area contributed by atoms with Crippen LogP contribution in [0.1, 0.15) is 22.6 Å². The van der Waals surface area contributed by atoms with Crippen molar-refractivity contribution in [2.45, 2.75) is 12.5 Å². The van der Waals surface area contributed by atoms with Crippen molar-refractivity contribution in [2.24, 2.45) is 5.10 Å². The highest BCUT2D eigenvalue weighted by atomic mass is 79.9. The molecule has 31 heavy (non-hydrogen) atoms. The predicted molar refractivity (Wildman–Crippen MR) is 122 cm³/mol. The van der Waals surface area contributed by atoms with E-state index in [1.165, 1.54) is 6.21 Å². The first kappa shape index (κ1) is 22.1. The molecule has 1 atom stereocenters. The molecule has 1 amide bonds. The standard InChI is InChI=1S/C24H20BrN3O3/c1-30-23-13-18(9-12-22(23)31-16-17-7-10-20(25)11-8-17)15-27-28-24(29)21(14-26)19-5-3-2-4-6-19/h2-13,15,21H,16H2,1H3,(H,28,29)/b27-15-/t21-/m1/s1. The Hall–Kier alpha value is -3.63. The van der Waals surface area contributed by atoms with Crippen LogP contribution < -0.4 is 14.9 Å². The summed E-state index contributed by atoms with van der Waals surface area (Å²) >= 11 is 3.41. The van der Waals surface area contributed by atoms with Gasteiger partial charge in [0, 0.05) is 4.47 Å². The van der Waals surface area contributed by atoms with Gasteiger partial charge in [-0.15, -0.1) is 0 Å². The van der Waals surface area contributed by atoms with Crippen LogP contribution in [0.25, 0.3) is 0 Å². The molecule has 0 saturated carbocycles. The second-order valence-electron chi connectivity index (χ2n) is 6.53. The molecular formula is C24H20BrN3O3. The molecule has 3 rings (SSSR count). The molecule has 0 fully saturated rings. The number of ether oxygens (including phenoxy) is 2. The van der Waals surface area contributed by atoms with Crippen molar-refractivity contribution in [1.82, 2.24) is 5.43 Å². The lowest BCUT2D eigenvalue weighted by Crippen LogP contribution is -2.24. The fourth-order valence-electron chi connectivity index (χ4n) is 2.79. The number of methoxy groups -OCH3 is 1. The van der Waals surface area contributed by atoms with Gasteiger partial charge in [-0.05, 0) is 47.0 Å². The van der Waals surface area contributed by atoms with Crippen LogP contribution in [0.15, 0.2) is 82.4 Å². The Balaban J connectivity index is 1.62. The van der Waals surface area contributed by atoms with Gasteiger partial charge in [-0.3, -0.25) is 4.79 Å². The van der Waals surface area contributed by atoms with Gasteiger partial charge in [0.05, 0.1) is 19.4 Å². The van der Waals surface area contributed by atoms with Crippen LogP contribution in [0.5, 0.6) is 11.5 Å². The van der Waals surface area contributed by atoms with Gasteiger partial charge in [0.1, 0.15) is 6.61 Å². The lowest BCUT2D eigenvalue weighted by Gasteiger charge is -2.11. The molecule has 0 unspecified atom stereocenters. The average molecular weight is 478 g/mol. The minimum Gasteiger partial charge on any atom is -0.493 e. The number of halogens is 1. The summed E-state index contributed by atoms with van der Waals surface area (Å²) in [7, 11) is 1.56. The van der Waals surface area contributed by atoms with E-state index in [2.05, 4.69) is 26.5 Å². The second kappa shape index (κ2) is 11.0. The number of hydrogen-bond acceptors (Lipinski definition) is 5. The van der Waals surface area contributed by atoms with Gasteiger partial charge >= 0.3 is 0 Å². The fourth-order valence-corrected chi connectivity index (χ4v) is 3.05. The first-order valence-corrected chi connectivity index (χ1v) is 10.2. The van der Waals surface area contributed by atoms with Gasteiger partial charge in [-0.2, -0.15) is 10.4 Å². The lowest BCUT2D eigenvalue weighted by molar-refractivity contribution is -0.121. The first-order valence-electron chi connectivity index (χ1n) is 9.43. The van der Waals surface area contributed by atoms with Crippen LogP contribution in [-0.4, -0.2) is 19.2 Å². The minimum absolute atomic E-state index is 0.405. The summed E-state index contributed by atoms with van der Waals surface area (Å²) in [5.74, 6) is -0.277. The molecule has 0 heterocycles. The molecule has 0 aliphatic carbocycles. The quantitative estimate of drug-likeness (QED) is 0.373. The molecule has 7 heteroatoms. The van der Waals surface area contributed by atoms with E-state index in [-0.39, 0.29) is 0 Å². The predicted octanol–water partition coefficient (Wildman–Crippen LogP) is 4.79. The summed E-state index contributed by atoms with van der Waals surface area (Å²) in [5, 5.41) is 13.3. The third-order valence-corrected chi connectivity index (χ3v) is 4.94. The lowest BCUT2D eigenvalue weighted by atomic mass is 10.0. The highest BCUT2D eigenvalue weighted by Gasteiger charge is 2.19. The Morgan fingerprint density at radius 2 is 1.87 bits per heavy atom. The third kappa shape index (κ3) is 6.17. The molecule has 0 aliphatic heterocycles. The maximum Gasteiger partial charge on any atom is 0.261 e. The van der Waals surface area contributed by atoms with Crippen LogP contribution in [-0.2, 0) is 11.4 Å². The smallest absolute Gasteiger partial charge is 0.261 e. The zero-order valence-electron chi connectivity index (χ0n) is 16.8. The number of carbonyl (C=O) groups excluding carboxylic acids is 1. The fraction of sp³-hybridized carbons (Fsp3) is 0.125. The molecule has 1 N–H and O–H groups in total. The van der Waals surface area contributed by atoms with Crippen molar-refractivity contribution in [3.8, 4) is 17.6 Å². The normalized spacial score (nSPS) is 11.5. The number of amides is 1. The number of hydrazone groups is 1. The SMILES string of the molecule is COc1cc(/C=N\NC(=O)[C@H](C#N)c2ccccc2)ccc1OCc1ccc(Br)cc1. The Kier molecular flexibility index (Phi) is 7.79. The summed E-state index contributed by atoms with van der Waals surface area (Å²) in [6, 6.07) is 24.1. The van der Waals surface area contributed by atoms with Crippen molar-refractivity contribution in [2.75, 3.05) is 7.11 Å². The van der Waals surface area contributed by atoms with Crippen LogP contribution in [0.4, 0.5) is 0 Å². The zero-order chi connectivity index (χ0) is 22.1. The van der Waals surface area contributed by atoms with Crippen molar-refractivity contribution < 1.29 is 14.3 Å². The van der Waals surface area contributed by atoms with Crippen molar-refractivity contribution in [3.05, 3.63) is 94.0 Å². The summed E-state index contributed by atoms with van der Waals surface area (Å²) in [5.41, 5.74) is 4.77. The van der Waals surface area contributed by atoms with Crippen molar-refractivity contribution in [3.63, 3.8) is 0 Å². The Labute approximate surface area is 189 Å². The van der Waals surface area contributed by atoms with Crippen LogP contribution >= 0.6 is 15.9 Å². The van der Waals surface area contributed by atoms with Gasteiger partial charge in [0.25, 0.3) is 5.91 Å². The van der Waals surface area contributed by atoms with E-state index in [1.54, 1.807) is 49.6 Å². The van der Waals surface area contributed by atoms with Gasteiger partial charge in [-0.1, -0.05) is 58.4 Å². The Morgan fingerprint density at radius 1 is 1.13 bits per heavy atom. The topological polar surface area (TPSA) is 83.7 Å². The van der Waals surface area contributed by atoms with Crippen LogP contribution in [0, 0.1) is 11.3 Å². The van der Waals surface area contributed by atoms with E-state index in [0.29, 0.717) is 29.2 Å². The summed E-state index contributed by atoms with van der Waals surface area (Å²) in [6.07, 6.45) is 1.48. The van der Waals surface area contributed by atoms with Gasteiger partial charge in [0.15, 0.2) is 17.4 Å². The molecule has 0 spiro atoms. The number of nitriles is 1. The van der Waals surface area contributed by atoms with Gasteiger partial charge in [0.2, 0.25) is 0 Å². The third-order valence-electron chi connectivity index (χ3n) is 4.41. The molecule has 156 valence electrons. The Morgan fingerprint density at radius 3 is 2.55 bits per heavy atom. The van der Waals surface area contributed by atoms with E-state index in [1.807, 2.05) is 36.4 Å². The van der Waals surface area contributed by atoms with Crippen molar-refractivity contribution in [1.29, 1.82) is 5.26 Å². The van der Waals surface area contributed by atoms with Crippen LogP contribution in [0.2, 0.25) is 0 Å². The van der Waals surface area contributed by atoms with E-state index in [0.717, 1.165) is 10.0 Å². The number of rotatable bonds is 8. The molecular weight excluding hydrogens is 458 g/mol. The maximum absolute atomic E-state index is 12.3. The molecule has 0 aromatic heterocycles. The van der Waals surface area contributed by atoms with E-state index >= 15 is 0 Å². The van der Waals surface area contributed by atoms with Crippen LogP contribution in [0.3, 0.4) is 0 Å². The molecule has 3 aromatic rings. The highest BCUT2D eigenvalue weighted by Crippen LogP contribution is 2.28. The monoisotopic (exact) mass is 477 g/mol. The maximum atomic E-state index is 12.3. The largest absolute Gasteiger partial charge is 0.493 e. The van der Waals surface area contributed by atoms with E-state index in [9.17, 15) is 10.1 Å². The van der Waals surface area contributed by atoms with Gasteiger partial charge in [-0.25, -0.2) is 5.43 Å². The van der Waals surface area contributed by atoms with E-state index < -0.39 is 11.8 Å². The molecule has 0 aliphatic rings. The second-order valence-corrected chi connectivity index (χ2v) is 7.45. The average Bonchev–Trinajstić information content (AvgIpc) is 2.80.